The zero-order valence-corrected chi connectivity index (χ0v) is 9.04. The van der Waals surface area contributed by atoms with Gasteiger partial charge in [0.15, 0.2) is 0 Å². The van der Waals surface area contributed by atoms with Gasteiger partial charge < -0.3 is 10.1 Å². The zero-order chi connectivity index (χ0) is 9.80. The van der Waals surface area contributed by atoms with Crippen LogP contribution in [0.4, 0.5) is 0 Å². The van der Waals surface area contributed by atoms with Gasteiger partial charge in [-0.15, -0.1) is 0 Å². The highest BCUT2D eigenvalue weighted by Gasteiger charge is 2.24. The molecule has 3 unspecified atom stereocenters. The Morgan fingerprint density at radius 1 is 1.36 bits per heavy atom. The van der Waals surface area contributed by atoms with Crippen LogP contribution < -0.4 is 5.32 Å². The second-order valence-corrected chi connectivity index (χ2v) is 4.53. The molecule has 2 heteroatoms. The Morgan fingerprint density at radius 2 is 2.29 bits per heavy atom. The first kappa shape index (κ1) is 10.2. The lowest BCUT2D eigenvalue weighted by Gasteiger charge is -2.22. The van der Waals surface area contributed by atoms with Gasteiger partial charge in [-0.3, -0.25) is 0 Å². The molecule has 80 valence electrons. The molecular formula is C12H21NO. The monoisotopic (exact) mass is 195 g/mol. The predicted molar refractivity (Wildman–Crippen MR) is 58.3 cm³/mol. The van der Waals surface area contributed by atoms with Crippen molar-refractivity contribution in [2.24, 2.45) is 5.92 Å². The van der Waals surface area contributed by atoms with Crippen LogP contribution >= 0.6 is 0 Å². The second kappa shape index (κ2) is 4.94. The number of rotatable bonds is 3. The smallest absolute Gasteiger partial charge is 0.0700 e. The summed E-state index contributed by atoms with van der Waals surface area (Å²) < 4.78 is 5.53. The van der Waals surface area contributed by atoms with Crippen LogP contribution in [0.3, 0.4) is 0 Å². The van der Waals surface area contributed by atoms with E-state index in [2.05, 4.69) is 24.4 Å². The van der Waals surface area contributed by atoms with Crippen LogP contribution in [0.1, 0.15) is 32.6 Å². The maximum absolute atomic E-state index is 5.53. The van der Waals surface area contributed by atoms with Crippen molar-refractivity contribution in [3.63, 3.8) is 0 Å². The van der Waals surface area contributed by atoms with Crippen molar-refractivity contribution in [2.45, 2.75) is 44.8 Å². The van der Waals surface area contributed by atoms with Crippen LogP contribution in [0, 0.1) is 5.92 Å². The average Bonchev–Trinajstić information content (AvgIpc) is 2.63. The molecule has 0 aromatic rings. The van der Waals surface area contributed by atoms with Crippen molar-refractivity contribution < 1.29 is 4.74 Å². The molecule has 2 aliphatic rings. The van der Waals surface area contributed by atoms with Crippen molar-refractivity contribution in [3.8, 4) is 0 Å². The van der Waals surface area contributed by atoms with E-state index in [1.807, 2.05) is 0 Å². The van der Waals surface area contributed by atoms with Crippen LogP contribution in [0.25, 0.3) is 0 Å². The van der Waals surface area contributed by atoms with E-state index in [0.717, 1.165) is 12.5 Å². The molecule has 14 heavy (non-hydrogen) atoms. The van der Waals surface area contributed by atoms with Crippen LogP contribution in [-0.2, 0) is 4.74 Å². The van der Waals surface area contributed by atoms with E-state index < -0.39 is 0 Å². The first-order chi connectivity index (χ1) is 6.86. The van der Waals surface area contributed by atoms with Crippen molar-refractivity contribution in [1.29, 1.82) is 0 Å². The highest BCUT2D eigenvalue weighted by molar-refractivity contribution is 4.91. The fourth-order valence-corrected chi connectivity index (χ4v) is 2.36. The summed E-state index contributed by atoms with van der Waals surface area (Å²) in [6, 6.07) is 0.598. The Balaban J connectivity index is 1.68. The van der Waals surface area contributed by atoms with Crippen LogP contribution in [0.5, 0.6) is 0 Å². The van der Waals surface area contributed by atoms with Crippen molar-refractivity contribution in [2.75, 3.05) is 13.2 Å². The second-order valence-electron chi connectivity index (χ2n) is 4.53. The lowest BCUT2D eigenvalue weighted by atomic mass is 9.94. The molecule has 1 aliphatic carbocycles. The standard InChI is InChI=1S/C12H21NO/c1-10-12(7-8-14-10)13-9-11-5-3-2-4-6-11/h2-3,10-13H,4-9H2,1H3. The van der Waals surface area contributed by atoms with Gasteiger partial charge in [-0.25, -0.2) is 0 Å². The molecule has 0 amide bonds. The van der Waals surface area contributed by atoms with E-state index >= 15 is 0 Å². The van der Waals surface area contributed by atoms with E-state index in [9.17, 15) is 0 Å². The molecule has 2 nitrogen and oxygen atoms in total. The number of ether oxygens (including phenoxy) is 1. The summed E-state index contributed by atoms with van der Waals surface area (Å²) in [6.45, 7) is 4.28. The molecule has 0 radical (unpaired) electrons. The van der Waals surface area contributed by atoms with Gasteiger partial charge in [0.1, 0.15) is 0 Å². The third kappa shape index (κ3) is 2.58. The van der Waals surface area contributed by atoms with Gasteiger partial charge in [0.05, 0.1) is 6.10 Å². The van der Waals surface area contributed by atoms with Crippen molar-refractivity contribution in [1.82, 2.24) is 5.32 Å². The molecule has 1 aliphatic heterocycles. The molecule has 0 aromatic carbocycles. The molecular weight excluding hydrogens is 174 g/mol. The third-order valence-corrected chi connectivity index (χ3v) is 3.42. The zero-order valence-electron chi connectivity index (χ0n) is 9.04. The minimum Gasteiger partial charge on any atom is -0.377 e. The molecule has 1 saturated heterocycles. The Labute approximate surface area is 86.7 Å². The Bertz CT molecular complexity index is 202. The largest absolute Gasteiger partial charge is 0.377 e. The van der Waals surface area contributed by atoms with E-state index in [1.165, 1.54) is 32.2 Å². The van der Waals surface area contributed by atoms with E-state index in [4.69, 9.17) is 4.74 Å². The molecule has 0 bridgehead atoms. The fraction of sp³-hybridized carbons (Fsp3) is 0.833. The summed E-state index contributed by atoms with van der Waals surface area (Å²) in [5, 5.41) is 3.64. The number of hydrogen-bond donors (Lipinski definition) is 1. The van der Waals surface area contributed by atoms with Gasteiger partial charge in [-0.2, -0.15) is 0 Å². The van der Waals surface area contributed by atoms with Crippen LogP contribution in [-0.4, -0.2) is 25.3 Å². The lowest BCUT2D eigenvalue weighted by molar-refractivity contribution is 0.112. The quantitative estimate of drug-likeness (QED) is 0.696. The SMILES string of the molecule is CC1OCCC1NCC1CC=CCC1. The minimum atomic E-state index is 0.411. The first-order valence-electron chi connectivity index (χ1n) is 5.86. The topological polar surface area (TPSA) is 21.3 Å². The normalized spacial score (nSPS) is 37.6. The Morgan fingerprint density at radius 3 is 2.93 bits per heavy atom. The molecule has 1 heterocycles. The van der Waals surface area contributed by atoms with E-state index in [0.29, 0.717) is 12.1 Å². The molecule has 0 saturated carbocycles. The summed E-state index contributed by atoms with van der Waals surface area (Å²) in [5.41, 5.74) is 0. The molecule has 0 aromatic heterocycles. The highest BCUT2D eigenvalue weighted by Crippen LogP contribution is 2.19. The number of hydrogen-bond acceptors (Lipinski definition) is 2. The summed E-state index contributed by atoms with van der Waals surface area (Å²) in [6.07, 6.45) is 10.1. The van der Waals surface area contributed by atoms with Gasteiger partial charge in [-0.05, 0) is 45.1 Å². The maximum Gasteiger partial charge on any atom is 0.0700 e. The van der Waals surface area contributed by atoms with Gasteiger partial charge in [-0.1, -0.05) is 12.2 Å². The summed E-state index contributed by atoms with van der Waals surface area (Å²) in [5.74, 6) is 0.854. The average molecular weight is 195 g/mol. The highest BCUT2D eigenvalue weighted by atomic mass is 16.5. The fourth-order valence-electron chi connectivity index (χ4n) is 2.36. The Kier molecular flexibility index (Phi) is 3.60. The van der Waals surface area contributed by atoms with Crippen molar-refractivity contribution >= 4 is 0 Å². The van der Waals surface area contributed by atoms with Gasteiger partial charge in [0, 0.05) is 12.6 Å². The van der Waals surface area contributed by atoms with Crippen LogP contribution in [0.2, 0.25) is 0 Å². The first-order valence-corrected chi connectivity index (χ1v) is 5.86. The molecule has 2 rings (SSSR count). The van der Waals surface area contributed by atoms with Crippen LogP contribution in [0.15, 0.2) is 12.2 Å². The lowest BCUT2D eigenvalue weighted by Crippen LogP contribution is -2.38. The van der Waals surface area contributed by atoms with Gasteiger partial charge in [0.25, 0.3) is 0 Å². The summed E-state index contributed by atoms with van der Waals surface area (Å²) in [4.78, 5) is 0. The predicted octanol–water partition coefficient (Wildman–Crippen LogP) is 2.11. The number of nitrogens with one attached hydrogen (secondary N) is 1. The number of allylic oxidation sites excluding steroid dienone is 2. The summed E-state index contributed by atoms with van der Waals surface area (Å²) in [7, 11) is 0. The van der Waals surface area contributed by atoms with Gasteiger partial charge in [0.2, 0.25) is 0 Å². The molecule has 0 spiro atoms. The Hall–Kier alpha value is -0.340. The summed E-state index contributed by atoms with van der Waals surface area (Å²) >= 11 is 0. The van der Waals surface area contributed by atoms with Crippen molar-refractivity contribution in [3.05, 3.63) is 12.2 Å². The molecule has 1 N–H and O–H groups in total. The minimum absolute atomic E-state index is 0.411. The van der Waals surface area contributed by atoms with E-state index in [1.54, 1.807) is 0 Å². The van der Waals surface area contributed by atoms with E-state index in [-0.39, 0.29) is 0 Å². The van der Waals surface area contributed by atoms with Gasteiger partial charge >= 0.3 is 0 Å². The maximum atomic E-state index is 5.53. The molecule has 3 atom stereocenters. The molecule has 1 fully saturated rings. The third-order valence-electron chi connectivity index (χ3n) is 3.42.